The Morgan fingerprint density at radius 3 is 2.49 bits per heavy atom. The van der Waals surface area contributed by atoms with Crippen molar-refractivity contribution in [2.75, 3.05) is 24.6 Å². The van der Waals surface area contributed by atoms with E-state index in [0.29, 0.717) is 45.5 Å². The van der Waals surface area contributed by atoms with Gasteiger partial charge in [0.1, 0.15) is 10.8 Å². The van der Waals surface area contributed by atoms with Crippen LogP contribution < -0.4 is 20.1 Å². The molecule has 3 aliphatic carbocycles. The fourth-order valence-electron chi connectivity index (χ4n) is 7.20. The van der Waals surface area contributed by atoms with Gasteiger partial charge in [-0.3, -0.25) is 9.52 Å². The second-order valence-electron chi connectivity index (χ2n) is 12.8. The van der Waals surface area contributed by atoms with Crippen LogP contribution in [0, 0.1) is 22.7 Å². The van der Waals surface area contributed by atoms with Gasteiger partial charge in [-0.2, -0.15) is 4.39 Å². The second kappa shape index (κ2) is 11.7. The van der Waals surface area contributed by atoms with Crippen molar-refractivity contribution in [3.05, 3.63) is 54.1 Å². The SMILES string of the molecule is CC1(C)CCCN1c1nc(-n2ccc(OCCC3C4(CC4)C34CC4)n2)ccc1C(=O)NSc1cccc(F)n1.CCCN. The van der Waals surface area contributed by atoms with Gasteiger partial charge >= 0.3 is 0 Å². The van der Waals surface area contributed by atoms with Crippen LogP contribution in [0.15, 0.2) is 47.6 Å². The van der Waals surface area contributed by atoms with Gasteiger partial charge in [0.05, 0.1) is 12.2 Å². The molecule has 1 saturated heterocycles. The van der Waals surface area contributed by atoms with E-state index in [1.807, 2.05) is 12.3 Å². The lowest BCUT2D eigenvalue weighted by Crippen LogP contribution is -2.40. The van der Waals surface area contributed by atoms with Gasteiger partial charge in [0.25, 0.3) is 5.91 Å². The molecule has 4 aliphatic rings. The average molecular weight is 608 g/mol. The Morgan fingerprint density at radius 1 is 1.12 bits per heavy atom. The molecule has 0 bridgehead atoms. The molecule has 4 heterocycles. The zero-order chi connectivity index (χ0) is 30.2. The molecule has 3 aromatic heterocycles. The first-order valence-electron chi connectivity index (χ1n) is 15.5. The maximum atomic E-state index is 13.5. The van der Waals surface area contributed by atoms with Crippen molar-refractivity contribution in [2.24, 2.45) is 22.5 Å². The third-order valence-electron chi connectivity index (χ3n) is 9.76. The van der Waals surface area contributed by atoms with E-state index in [4.69, 9.17) is 15.5 Å². The second-order valence-corrected chi connectivity index (χ2v) is 13.7. The van der Waals surface area contributed by atoms with Crippen LogP contribution in [-0.2, 0) is 0 Å². The lowest BCUT2D eigenvalue weighted by atomic mass is 10.0. The summed E-state index contributed by atoms with van der Waals surface area (Å²) in [6.45, 7) is 8.71. The summed E-state index contributed by atoms with van der Waals surface area (Å²) in [5, 5.41) is 5.01. The van der Waals surface area contributed by atoms with Gasteiger partial charge in [-0.15, -0.1) is 5.10 Å². The molecule has 3 saturated carbocycles. The summed E-state index contributed by atoms with van der Waals surface area (Å²) < 4.78 is 24.0. The minimum atomic E-state index is -0.589. The summed E-state index contributed by atoms with van der Waals surface area (Å²) in [5.74, 6) is 1.78. The number of ether oxygens (including phenoxy) is 1. The van der Waals surface area contributed by atoms with E-state index in [-0.39, 0.29) is 11.4 Å². The number of carbonyl (C=O) groups excluding carboxylic acids is 1. The van der Waals surface area contributed by atoms with E-state index >= 15 is 0 Å². The molecular weight excluding hydrogens is 565 g/mol. The van der Waals surface area contributed by atoms with E-state index in [1.54, 1.807) is 28.9 Å². The van der Waals surface area contributed by atoms with Crippen LogP contribution in [0.3, 0.4) is 0 Å². The molecule has 1 amide bonds. The fourth-order valence-corrected chi connectivity index (χ4v) is 7.78. The number of pyridine rings is 2. The van der Waals surface area contributed by atoms with E-state index < -0.39 is 5.95 Å². The number of nitrogens with zero attached hydrogens (tertiary/aromatic N) is 5. The molecule has 11 heteroatoms. The normalized spacial score (nSPS) is 20.1. The first-order valence-corrected chi connectivity index (χ1v) is 16.3. The molecule has 3 aromatic rings. The Bertz CT molecular complexity index is 1450. The summed E-state index contributed by atoms with van der Waals surface area (Å²) in [7, 11) is 0. The van der Waals surface area contributed by atoms with Crippen molar-refractivity contribution in [3.8, 4) is 11.7 Å². The number of aromatic nitrogens is 4. The Labute approximate surface area is 257 Å². The molecule has 0 unspecified atom stereocenters. The maximum absolute atomic E-state index is 13.5. The topological polar surface area (TPSA) is 111 Å². The molecule has 0 atom stereocenters. The zero-order valence-corrected chi connectivity index (χ0v) is 26.1. The predicted octanol–water partition coefficient (Wildman–Crippen LogP) is 5.93. The minimum Gasteiger partial charge on any atom is -0.477 e. The van der Waals surface area contributed by atoms with Crippen molar-refractivity contribution >= 4 is 23.7 Å². The van der Waals surface area contributed by atoms with Crippen LogP contribution in [0.1, 0.15) is 82.5 Å². The standard InChI is InChI=1S/C29H33FN6O2S.C3H9N/c1-27(2)11-4-16-35(27)25-19(26(37)34-39-24-6-3-5-21(30)31-24)7-8-22(32-25)36-17-9-23(33-36)38-18-10-20-28(12-13-28)29(20)14-15-29;1-2-3-4/h3,5-9,17,20H,4,10-16,18H2,1-2H3,(H,34,37);2-4H2,1H3. The lowest BCUT2D eigenvalue weighted by molar-refractivity contribution is 0.0984. The average Bonchev–Trinajstić information content (AvgIpc) is 3.95. The third-order valence-corrected chi connectivity index (χ3v) is 10.5. The molecule has 7 rings (SSSR count). The number of amides is 1. The van der Waals surface area contributed by atoms with E-state index in [2.05, 4.69) is 40.5 Å². The Balaban J connectivity index is 0.000000777. The highest BCUT2D eigenvalue weighted by Crippen LogP contribution is 2.93. The van der Waals surface area contributed by atoms with Crippen molar-refractivity contribution in [1.82, 2.24) is 24.5 Å². The number of nitrogens with one attached hydrogen (secondary N) is 1. The minimum absolute atomic E-state index is 0.142. The molecule has 3 N–H and O–H groups in total. The fraction of sp³-hybridized carbons (Fsp3) is 0.562. The molecule has 0 radical (unpaired) electrons. The maximum Gasteiger partial charge on any atom is 0.265 e. The zero-order valence-electron chi connectivity index (χ0n) is 25.3. The molecule has 4 fully saturated rings. The summed E-state index contributed by atoms with van der Waals surface area (Å²) in [4.78, 5) is 24.2. The number of hydrogen-bond donors (Lipinski definition) is 2. The highest BCUT2D eigenvalue weighted by atomic mass is 32.2. The summed E-state index contributed by atoms with van der Waals surface area (Å²) in [5.41, 5.74) is 6.73. The lowest BCUT2D eigenvalue weighted by Gasteiger charge is -2.34. The summed E-state index contributed by atoms with van der Waals surface area (Å²) >= 11 is 0.983. The third kappa shape index (κ3) is 5.85. The largest absolute Gasteiger partial charge is 0.477 e. The van der Waals surface area contributed by atoms with Crippen LogP contribution in [0.2, 0.25) is 0 Å². The molecule has 0 aromatic carbocycles. The van der Waals surface area contributed by atoms with Gasteiger partial charge in [-0.05, 0) is 113 Å². The smallest absolute Gasteiger partial charge is 0.265 e. The van der Waals surface area contributed by atoms with Crippen molar-refractivity contribution < 1.29 is 13.9 Å². The number of anilines is 1. The van der Waals surface area contributed by atoms with E-state index in [1.165, 1.54) is 31.7 Å². The van der Waals surface area contributed by atoms with Crippen molar-refractivity contribution in [2.45, 2.75) is 82.7 Å². The number of carbonyl (C=O) groups is 1. The van der Waals surface area contributed by atoms with Crippen LogP contribution in [0.5, 0.6) is 5.88 Å². The summed E-state index contributed by atoms with van der Waals surface area (Å²) in [6, 6.07) is 9.93. The number of halogens is 1. The van der Waals surface area contributed by atoms with Crippen LogP contribution in [0.4, 0.5) is 10.2 Å². The Morgan fingerprint density at radius 2 is 1.86 bits per heavy atom. The molecule has 2 spiro atoms. The number of nitrogens with two attached hydrogens (primary N) is 1. The highest BCUT2D eigenvalue weighted by Gasteiger charge is 2.85. The molecular formula is C32H42FN7O2S. The van der Waals surface area contributed by atoms with Crippen LogP contribution in [0.25, 0.3) is 5.82 Å². The van der Waals surface area contributed by atoms with Gasteiger partial charge in [0, 0.05) is 36.3 Å². The van der Waals surface area contributed by atoms with Crippen molar-refractivity contribution in [3.63, 3.8) is 0 Å². The van der Waals surface area contributed by atoms with Crippen LogP contribution >= 0.6 is 11.9 Å². The van der Waals surface area contributed by atoms with E-state index in [0.717, 1.165) is 56.6 Å². The molecule has 1 aliphatic heterocycles. The van der Waals surface area contributed by atoms with E-state index in [9.17, 15) is 9.18 Å². The Kier molecular flexibility index (Phi) is 8.14. The van der Waals surface area contributed by atoms with Gasteiger partial charge in [0.2, 0.25) is 11.8 Å². The molecule has 230 valence electrons. The predicted molar refractivity (Wildman–Crippen MR) is 166 cm³/mol. The highest BCUT2D eigenvalue weighted by molar-refractivity contribution is 7.97. The van der Waals surface area contributed by atoms with Gasteiger partial charge in [0.15, 0.2) is 5.82 Å². The van der Waals surface area contributed by atoms with Gasteiger partial charge in [-0.25, -0.2) is 14.6 Å². The number of rotatable bonds is 10. The number of fused-ring (bicyclic) bond motifs is 1. The summed E-state index contributed by atoms with van der Waals surface area (Å²) in [6.07, 6.45) is 11.8. The molecule has 9 nitrogen and oxygen atoms in total. The monoisotopic (exact) mass is 607 g/mol. The quantitative estimate of drug-likeness (QED) is 0.216. The first-order chi connectivity index (χ1) is 20.7. The van der Waals surface area contributed by atoms with Crippen molar-refractivity contribution in [1.29, 1.82) is 0 Å². The first kappa shape index (κ1) is 29.9. The number of hydrogen-bond acceptors (Lipinski definition) is 8. The Hall–Kier alpha value is -3.18. The molecule has 43 heavy (non-hydrogen) atoms. The van der Waals surface area contributed by atoms with Gasteiger partial charge < -0.3 is 15.4 Å². The van der Waals surface area contributed by atoms with Gasteiger partial charge in [-0.1, -0.05) is 13.0 Å². The van der Waals surface area contributed by atoms with Crippen LogP contribution in [-0.4, -0.2) is 50.9 Å².